The SMILES string of the molecule is CCN(CC)CCCOc1ccc(Br)cc1. The van der Waals surface area contributed by atoms with Gasteiger partial charge in [0, 0.05) is 11.0 Å². The molecular weight excluding hydrogens is 266 g/mol. The van der Waals surface area contributed by atoms with Gasteiger partial charge in [-0.1, -0.05) is 29.8 Å². The van der Waals surface area contributed by atoms with Crippen LogP contribution in [0.5, 0.6) is 5.75 Å². The van der Waals surface area contributed by atoms with E-state index >= 15 is 0 Å². The Kier molecular flexibility index (Phi) is 6.50. The summed E-state index contributed by atoms with van der Waals surface area (Å²) >= 11 is 3.40. The average Bonchev–Trinajstić information content (AvgIpc) is 2.32. The fourth-order valence-corrected chi connectivity index (χ4v) is 1.81. The number of halogens is 1. The number of nitrogens with zero attached hydrogens (tertiary/aromatic N) is 1. The maximum Gasteiger partial charge on any atom is 0.119 e. The van der Waals surface area contributed by atoms with E-state index in [1.165, 1.54) is 0 Å². The van der Waals surface area contributed by atoms with Crippen molar-refractivity contribution in [1.29, 1.82) is 0 Å². The first kappa shape index (κ1) is 13.5. The van der Waals surface area contributed by atoms with Crippen molar-refractivity contribution in [3.05, 3.63) is 28.7 Å². The van der Waals surface area contributed by atoms with Crippen molar-refractivity contribution in [1.82, 2.24) is 4.90 Å². The molecule has 0 aromatic heterocycles. The van der Waals surface area contributed by atoms with E-state index in [4.69, 9.17) is 4.74 Å². The van der Waals surface area contributed by atoms with Gasteiger partial charge in [-0.2, -0.15) is 0 Å². The Morgan fingerprint density at radius 2 is 1.75 bits per heavy atom. The van der Waals surface area contributed by atoms with Gasteiger partial charge in [-0.3, -0.25) is 0 Å². The summed E-state index contributed by atoms with van der Waals surface area (Å²) in [5, 5.41) is 0. The highest BCUT2D eigenvalue weighted by Gasteiger charge is 1.98. The molecule has 0 spiro atoms. The normalized spacial score (nSPS) is 10.8. The zero-order valence-electron chi connectivity index (χ0n) is 10.1. The van der Waals surface area contributed by atoms with E-state index in [0.717, 1.165) is 42.9 Å². The van der Waals surface area contributed by atoms with Crippen molar-refractivity contribution in [2.24, 2.45) is 0 Å². The molecule has 90 valence electrons. The van der Waals surface area contributed by atoms with Crippen molar-refractivity contribution in [3.63, 3.8) is 0 Å². The molecule has 0 saturated heterocycles. The molecule has 1 aromatic rings. The smallest absolute Gasteiger partial charge is 0.119 e. The zero-order chi connectivity index (χ0) is 11.8. The summed E-state index contributed by atoms with van der Waals surface area (Å²) in [6.07, 6.45) is 1.08. The zero-order valence-corrected chi connectivity index (χ0v) is 11.7. The van der Waals surface area contributed by atoms with Crippen LogP contribution in [0, 0.1) is 0 Å². The Labute approximate surface area is 107 Å². The van der Waals surface area contributed by atoms with E-state index in [0.29, 0.717) is 0 Å². The lowest BCUT2D eigenvalue weighted by atomic mass is 10.3. The van der Waals surface area contributed by atoms with Crippen molar-refractivity contribution < 1.29 is 4.74 Å². The predicted octanol–water partition coefficient (Wildman–Crippen LogP) is 3.56. The quantitative estimate of drug-likeness (QED) is 0.711. The molecule has 0 saturated carbocycles. The Morgan fingerprint density at radius 3 is 2.31 bits per heavy atom. The van der Waals surface area contributed by atoms with Crippen LogP contribution in [0.25, 0.3) is 0 Å². The molecule has 0 atom stereocenters. The fraction of sp³-hybridized carbons (Fsp3) is 0.538. The van der Waals surface area contributed by atoms with E-state index in [1.807, 2.05) is 24.3 Å². The highest BCUT2D eigenvalue weighted by Crippen LogP contribution is 2.16. The van der Waals surface area contributed by atoms with Gasteiger partial charge in [0.25, 0.3) is 0 Å². The fourth-order valence-electron chi connectivity index (χ4n) is 1.55. The third-order valence-corrected chi connectivity index (χ3v) is 3.12. The Balaban J connectivity index is 2.18. The van der Waals surface area contributed by atoms with Crippen LogP contribution >= 0.6 is 15.9 Å². The molecule has 0 bridgehead atoms. The summed E-state index contributed by atoms with van der Waals surface area (Å²) < 4.78 is 6.74. The summed E-state index contributed by atoms with van der Waals surface area (Å²) in [6, 6.07) is 7.97. The maximum absolute atomic E-state index is 5.65. The molecule has 0 fully saturated rings. The van der Waals surface area contributed by atoms with Crippen LogP contribution in [0.4, 0.5) is 0 Å². The molecule has 1 rings (SSSR count). The minimum Gasteiger partial charge on any atom is -0.494 e. The van der Waals surface area contributed by atoms with Gasteiger partial charge >= 0.3 is 0 Å². The molecule has 0 N–H and O–H groups in total. The van der Waals surface area contributed by atoms with Gasteiger partial charge in [-0.15, -0.1) is 0 Å². The molecule has 0 amide bonds. The van der Waals surface area contributed by atoms with E-state index < -0.39 is 0 Å². The average molecular weight is 286 g/mol. The lowest BCUT2D eigenvalue weighted by Gasteiger charge is -2.17. The second-order valence-electron chi connectivity index (χ2n) is 3.68. The van der Waals surface area contributed by atoms with Gasteiger partial charge in [0.2, 0.25) is 0 Å². The standard InChI is InChI=1S/C13H20BrNO/c1-3-15(4-2)10-5-11-16-13-8-6-12(14)7-9-13/h6-9H,3-5,10-11H2,1-2H3. The molecule has 16 heavy (non-hydrogen) atoms. The lowest BCUT2D eigenvalue weighted by Crippen LogP contribution is -2.25. The Morgan fingerprint density at radius 1 is 1.12 bits per heavy atom. The van der Waals surface area contributed by atoms with Gasteiger partial charge in [0.15, 0.2) is 0 Å². The molecule has 0 aliphatic heterocycles. The molecule has 1 aromatic carbocycles. The maximum atomic E-state index is 5.65. The van der Waals surface area contributed by atoms with Gasteiger partial charge in [0.1, 0.15) is 5.75 Å². The van der Waals surface area contributed by atoms with Gasteiger partial charge < -0.3 is 9.64 Å². The number of hydrogen-bond donors (Lipinski definition) is 0. The van der Waals surface area contributed by atoms with E-state index in [9.17, 15) is 0 Å². The molecule has 0 heterocycles. The number of rotatable bonds is 7. The number of hydrogen-bond acceptors (Lipinski definition) is 2. The van der Waals surface area contributed by atoms with Gasteiger partial charge in [-0.05, 0) is 43.8 Å². The highest BCUT2D eigenvalue weighted by atomic mass is 79.9. The molecule has 0 unspecified atom stereocenters. The summed E-state index contributed by atoms with van der Waals surface area (Å²) in [6.45, 7) is 8.53. The summed E-state index contributed by atoms with van der Waals surface area (Å²) in [5.74, 6) is 0.947. The first-order chi connectivity index (χ1) is 7.76. The summed E-state index contributed by atoms with van der Waals surface area (Å²) in [5.41, 5.74) is 0. The van der Waals surface area contributed by atoms with Crippen LogP contribution in [0.3, 0.4) is 0 Å². The molecule has 2 nitrogen and oxygen atoms in total. The van der Waals surface area contributed by atoms with Crippen LogP contribution < -0.4 is 4.74 Å². The van der Waals surface area contributed by atoms with E-state index in [2.05, 4.69) is 34.7 Å². The third-order valence-electron chi connectivity index (χ3n) is 2.60. The molecular formula is C13H20BrNO. The Hall–Kier alpha value is -0.540. The second-order valence-corrected chi connectivity index (χ2v) is 4.60. The highest BCUT2D eigenvalue weighted by molar-refractivity contribution is 9.10. The molecule has 0 aliphatic carbocycles. The van der Waals surface area contributed by atoms with Gasteiger partial charge in [0.05, 0.1) is 6.61 Å². The predicted molar refractivity (Wildman–Crippen MR) is 72.0 cm³/mol. The summed E-state index contributed by atoms with van der Waals surface area (Å²) in [4.78, 5) is 2.41. The molecule has 0 aliphatic rings. The largest absolute Gasteiger partial charge is 0.494 e. The number of benzene rings is 1. The van der Waals surface area contributed by atoms with Crippen molar-refractivity contribution in [2.45, 2.75) is 20.3 Å². The summed E-state index contributed by atoms with van der Waals surface area (Å²) in [7, 11) is 0. The second kappa shape index (κ2) is 7.69. The molecule has 0 radical (unpaired) electrons. The van der Waals surface area contributed by atoms with Crippen LogP contribution in [0.2, 0.25) is 0 Å². The van der Waals surface area contributed by atoms with Crippen LogP contribution in [0.15, 0.2) is 28.7 Å². The van der Waals surface area contributed by atoms with Crippen LogP contribution in [0.1, 0.15) is 20.3 Å². The van der Waals surface area contributed by atoms with Crippen LogP contribution in [-0.2, 0) is 0 Å². The monoisotopic (exact) mass is 285 g/mol. The minimum absolute atomic E-state index is 0.790. The Bertz CT molecular complexity index is 282. The lowest BCUT2D eigenvalue weighted by molar-refractivity contribution is 0.249. The first-order valence-electron chi connectivity index (χ1n) is 5.87. The van der Waals surface area contributed by atoms with Crippen molar-refractivity contribution in [2.75, 3.05) is 26.2 Å². The number of ether oxygens (including phenoxy) is 1. The third kappa shape index (κ3) is 4.99. The van der Waals surface area contributed by atoms with E-state index in [-0.39, 0.29) is 0 Å². The van der Waals surface area contributed by atoms with E-state index in [1.54, 1.807) is 0 Å². The minimum atomic E-state index is 0.790. The van der Waals surface area contributed by atoms with Gasteiger partial charge in [-0.25, -0.2) is 0 Å². The molecule has 3 heteroatoms. The van der Waals surface area contributed by atoms with Crippen molar-refractivity contribution >= 4 is 15.9 Å². The van der Waals surface area contributed by atoms with Crippen molar-refractivity contribution in [3.8, 4) is 5.75 Å². The first-order valence-corrected chi connectivity index (χ1v) is 6.66. The topological polar surface area (TPSA) is 12.5 Å². The van der Waals surface area contributed by atoms with Crippen LogP contribution in [-0.4, -0.2) is 31.1 Å².